The molecule has 0 spiro atoms. The Morgan fingerprint density at radius 1 is 1.14 bits per heavy atom. The van der Waals surface area contributed by atoms with E-state index in [1.165, 1.54) is 52.4 Å². The SMILES string of the molecule is Cc1cc(NC(=O)COc2ccc(F)cc2)n(-c2nc3ccc(F)cc3s2)n1. The Labute approximate surface area is 162 Å². The van der Waals surface area contributed by atoms with Crippen LogP contribution in [0.25, 0.3) is 15.3 Å². The van der Waals surface area contributed by atoms with Gasteiger partial charge in [-0.2, -0.15) is 9.78 Å². The van der Waals surface area contributed by atoms with Crippen LogP contribution in [0.3, 0.4) is 0 Å². The molecule has 2 aromatic carbocycles. The summed E-state index contributed by atoms with van der Waals surface area (Å²) in [6.45, 7) is 1.54. The molecule has 0 radical (unpaired) electrons. The van der Waals surface area contributed by atoms with E-state index >= 15 is 0 Å². The molecule has 0 aliphatic carbocycles. The highest BCUT2D eigenvalue weighted by molar-refractivity contribution is 7.20. The van der Waals surface area contributed by atoms with Crippen LogP contribution in [-0.4, -0.2) is 27.3 Å². The number of benzene rings is 2. The second kappa shape index (κ2) is 7.35. The summed E-state index contributed by atoms with van der Waals surface area (Å²) in [6, 6.07) is 11.4. The van der Waals surface area contributed by atoms with E-state index in [1.807, 2.05) is 0 Å². The molecular weight excluding hydrogens is 386 g/mol. The average Bonchev–Trinajstić information content (AvgIpc) is 3.23. The van der Waals surface area contributed by atoms with E-state index in [2.05, 4.69) is 15.4 Å². The minimum atomic E-state index is -0.405. The third kappa shape index (κ3) is 3.84. The van der Waals surface area contributed by atoms with E-state index in [4.69, 9.17) is 4.74 Å². The number of nitrogens with one attached hydrogen (secondary N) is 1. The Bertz CT molecular complexity index is 1150. The van der Waals surface area contributed by atoms with Gasteiger partial charge in [-0.3, -0.25) is 4.79 Å². The summed E-state index contributed by atoms with van der Waals surface area (Å²) in [5.74, 6) is -0.325. The predicted molar refractivity (Wildman–Crippen MR) is 102 cm³/mol. The lowest BCUT2D eigenvalue weighted by Gasteiger charge is -2.08. The Balaban J connectivity index is 1.52. The number of amides is 1. The molecule has 1 amide bonds. The van der Waals surface area contributed by atoms with E-state index in [-0.39, 0.29) is 18.2 Å². The van der Waals surface area contributed by atoms with Crippen molar-refractivity contribution in [1.82, 2.24) is 14.8 Å². The average molecular weight is 400 g/mol. The second-order valence-electron chi connectivity index (χ2n) is 5.98. The van der Waals surface area contributed by atoms with Crippen LogP contribution >= 0.6 is 11.3 Å². The van der Waals surface area contributed by atoms with Crippen molar-refractivity contribution in [2.45, 2.75) is 6.92 Å². The molecule has 0 unspecified atom stereocenters. The summed E-state index contributed by atoms with van der Waals surface area (Å²) < 4.78 is 33.8. The maximum absolute atomic E-state index is 13.4. The van der Waals surface area contributed by atoms with Crippen LogP contribution in [0.15, 0.2) is 48.5 Å². The van der Waals surface area contributed by atoms with Crippen molar-refractivity contribution in [1.29, 1.82) is 0 Å². The van der Waals surface area contributed by atoms with Crippen LogP contribution < -0.4 is 10.1 Å². The van der Waals surface area contributed by atoms with Gasteiger partial charge in [-0.1, -0.05) is 11.3 Å². The Hall–Kier alpha value is -3.33. The van der Waals surface area contributed by atoms with Crippen molar-refractivity contribution in [3.05, 3.63) is 65.9 Å². The summed E-state index contributed by atoms with van der Waals surface area (Å²) in [7, 11) is 0. The first-order chi connectivity index (χ1) is 13.5. The molecule has 0 saturated heterocycles. The molecule has 4 rings (SSSR count). The zero-order chi connectivity index (χ0) is 19.7. The van der Waals surface area contributed by atoms with Gasteiger partial charge < -0.3 is 10.1 Å². The molecule has 0 fully saturated rings. The zero-order valence-electron chi connectivity index (χ0n) is 14.6. The number of carbonyl (C=O) groups excluding carboxylic acids is 1. The van der Waals surface area contributed by atoms with Gasteiger partial charge in [-0.05, 0) is 49.4 Å². The predicted octanol–water partition coefficient (Wildman–Crippen LogP) is 4.09. The minimum absolute atomic E-state index is 0.249. The van der Waals surface area contributed by atoms with Gasteiger partial charge >= 0.3 is 0 Å². The van der Waals surface area contributed by atoms with E-state index in [0.717, 1.165) is 0 Å². The van der Waals surface area contributed by atoms with Gasteiger partial charge in [0.15, 0.2) is 6.61 Å². The Morgan fingerprint density at radius 2 is 1.89 bits per heavy atom. The highest BCUT2D eigenvalue weighted by Crippen LogP contribution is 2.27. The molecule has 0 saturated carbocycles. The van der Waals surface area contributed by atoms with Gasteiger partial charge in [0.05, 0.1) is 15.9 Å². The van der Waals surface area contributed by atoms with Crippen molar-refractivity contribution < 1.29 is 18.3 Å². The van der Waals surface area contributed by atoms with Crippen LogP contribution in [0.5, 0.6) is 5.75 Å². The summed E-state index contributed by atoms with van der Waals surface area (Å²) >= 11 is 1.26. The first-order valence-electron chi connectivity index (χ1n) is 8.29. The van der Waals surface area contributed by atoms with Crippen LogP contribution in [0.1, 0.15) is 5.69 Å². The summed E-state index contributed by atoms with van der Waals surface area (Å²) in [6.07, 6.45) is 0. The molecule has 28 heavy (non-hydrogen) atoms. The number of hydrogen-bond acceptors (Lipinski definition) is 5. The van der Waals surface area contributed by atoms with E-state index < -0.39 is 5.91 Å². The fraction of sp³-hybridized carbons (Fsp3) is 0.105. The number of aromatic nitrogens is 3. The molecule has 9 heteroatoms. The number of ether oxygens (including phenoxy) is 1. The number of hydrogen-bond donors (Lipinski definition) is 1. The number of fused-ring (bicyclic) bond motifs is 1. The molecule has 2 aromatic heterocycles. The summed E-state index contributed by atoms with van der Waals surface area (Å²) in [5, 5.41) is 7.58. The van der Waals surface area contributed by atoms with Crippen molar-refractivity contribution >= 4 is 33.3 Å². The van der Waals surface area contributed by atoms with Gasteiger partial charge in [0.2, 0.25) is 5.13 Å². The molecule has 1 N–H and O–H groups in total. The minimum Gasteiger partial charge on any atom is -0.484 e. The van der Waals surface area contributed by atoms with Crippen LogP contribution in [0.2, 0.25) is 0 Å². The molecule has 2 heterocycles. The largest absolute Gasteiger partial charge is 0.484 e. The molecule has 0 aliphatic heterocycles. The molecule has 0 aliphatic rings. The highest BCUT2D eigenvalue weighted by Gasteiger charge is 2.15. The number of halogens is 2. The fourth-order valence-electron chi connectivity index (χ4n) is 2.57. The first kappa shape index (κ1) is 18.1. The van der Waals surface area contributed by atoms with Crippen molar-refractivity contribution in [2.24, 2.45) is 0 Å². The third-order valence-electron chi connectivity index (χ3n) is 3.80. The van der Waals surface area contributed by atoms with Gasteiger partial charge in [0.1, 0.15) is 23.2 Å². The number of rotatable bonds is 5. The van der Waals surface area contributed by atoms with Crippen LogP contribution in [-0.2, 0) is 4.79 Å². The Kier molecular flexibility index (Phi) is 4.74. The first-order valence-corrected chi connectivity index (χ1v) is 9.11. The summed E-state index contributed by atoms with van der Waals surface area (Å²) in [4.78, 5) is 16.7. The summed E-state index contributed by atoms with van der Waals surface area (Å²) in [5.41, 5.74) is 1.33. The van der Waals surface area contributed by atoms with Gasteiger partial charge in [0, 0.05) is 6.07 Å². The van der Waals surface area contributed by atoms with Crippen molar-refractivity contribution in [3.63, 3.8) is 0 Å². The maximum Gasteiger partial charge on any atom is 0.263 e. The molecule has 6 nitrogen and oxygen atoms in total. The van der Waals surface area contributed by atoms with Crippen molar-refractivity contribution in [3.8, 4) is 10.9 Å². The lowest BCUT2D eigenvalue weighted by Crippen LogP contribution is -2.21. The highest BCUT2D eigenvalue weighted by atomic mass is 32.1. The topological polar surface area (TPSA) is 69.0 Å². The lowest BCUT2D eigenvalue weighted by molar-refractivity contribution is -0.118. The fourth-order valence-corrected chi connectivity index (χ4v) is 3.53. The quantitative estimate of drug-likeness (QED) is 0.548. The second-order valence-corrected chi connectivity index (χ2v) is 6.99. The standard InChI is InChI=1S/C19H14F2N4O2S/c1-11-8-17(23-18(26)10-27-14-5-2-12(20)3-6-14)25(24-11)19-22-15-7-4-13(21)9-16(15)28-19/h2-9H,10H2,1H3,(H,23,26). The molecule has 0 atom stereocenters. The number of thiazole rings is 1. The van der Waals surface area contributed by atoms with Crippen LogP contribution in [0, 0.1) is 18.6 Å². The van der Waals surface area contributed by atoms with Gasteiger partial charge in [-0.15, -0.1) is 0 Å². The lowest BCUT2D eigenvalue weighted by atomic mass is 10.3. The maximum atomic E-state index is 13.4. The van der Waals surface area contributed by atoms with E-state index in [9.17, 15) is 13.6 Å². The zero-order valence-corrected chi connectivity index (χ0v) is 15.5. The number of carbonyl (C=O) groups is 1. The normalized spacial score (nSPS) is 11.0. The number of aryl methyl sites for hydroxylation is 1. The van der Waals surface area contributed by atoms with Gasteiger partial charge in [0.25, 0.3) is 5.91 Å². The number of anilines is 1. The Morgan fingerprint density at radius 3 is 2.68 bits per heavy atom. The molecule has 142 valence electrons. The molecule has 0 bridgehead atoms. The van der Waals surface area contributed by atoms with Gasteiger partial charge in [-0.25, -0.2) is 13.8 Å². The van der Waals surface area contributed by atoms with E-state index in [0.29, 0.717) is 32.6 Å². The number of nitrogens with zero attached hydrogens (tertiary/aromatic N) is 3. The van der Waals surface area contributed by atoms with E-state index in [1.54, 1.807) is 19.1 Å². The smallest absolute Gasteiger partial charge is 0.263 e. The van der Waals surface area contributed by atoms with Crippen molar-refractivity contribution in [2.75, 3.05) is 11.9 Å². The monoisotopic (exact) mass is 400 g/mol. The molecule has 4 aromatic rings. The third-order valence-corrected chi connectivity index (χ3v) is 4.80. The molecular formula is C19H14F2N4O2S. The van der Waals surface area contributed by atoms with Crippen LogP contribution in [0.4, 0.5) is 14.6 Å².